The van der Waals surface area contributed by atoms with Crippen LogP contribution >= 0.6 is 11.6 Å². The van der Waals surface area contributed by atoms with E-state index in [1.807, 2.05) is 76.2 Å². The first-order valence-electron chi connectivity index (χ1n) is 16.1. The Morgan fingerprint density at radius 2 is 1.69 bits per heavy atom. The number of amides is 3. The second-order valence-corrected chi connectivity index (χ2v) is 12.2. The molecular weight excluding hydrogens is 588 g/mol. The van der Waals surface area contributed by atoms with E-state index < -0.39 is 0 Å². The predicted molar refractivity (Wildman–Crippen MR) is 178 cm³/mol. The fourth-order valence-electron chi connectivity index (χ4n) is 6.08. The van der Waals surface area contributed by atoms with Crippen molar-refractivity contribution in [3.05, 3.63) is 94.5 Å². The SMILES string of the molecule is CCCC(=O)N1CCCN(Cc2ccccc2)CCN(C(=O)c2ccccc2OCCN2CCCC2=O)Cc2ccc(Cl)cc21. The second kappa shape index (κ2) is 15.9. The van der Waals surface area contributed by atoms with E-state index in [0.717, 1.165) is 50.1 Å². The molecule has 45 heavy (non-hydrogen) atoms. The summed E-state index contributed by atoms with van der Waals surface area (Å²) in [4.78, 5) is 47.7. The number of benzene rings is 3. The molecular formula is C36H43ClN4O4. The maximum absolute atomic E-state index is 14.4. The highest BCUT2D eigenvalue weighted by molar-refractivity contribution is 6.31. The fraction of sp³-hybridized carbons (Fsp3) is 0.417. The van der Waals surface area contributed by atoms with Crippen LogP contribution in [0, 0.1) is 0 Å². The van der Waals surface area contributed by atoms with Gasteiger partial charge in [-0.25, -0.2) is 0 Å². The van der Waals surface area contributed by atoms with Crippen molar-refractivity contribution < 1.29 is 19.1 Å². The number of halogens is 1. The lowest BCUT2D eigenvalue weighted by Crippen LogP contribution is -2.38. The molecule has 9 heteroatoms. The van der Waals surface area contributed by atoms with E-state index in [1.165, 1.54) is 5.56 Å². The molecule has 3 aromatic carbocycles. The molecule has 0 N–H and O–H groups in total. The number of likely N-dealkylation sites (tertiary alicyclic amines) is 1. The summed E-state index contributed by atoms with van der Waals surface area (Å²) < 4.78 is 6.12. The molecule has 2 aliphatic heterocycles. The van der Waals surface area contributed by atoms with Crippen molar-refractivity contribution in [2.75, 3.05) is 50.8 Å². The van der Waals surface area contributed by atoms with Crippen molar-refractivity contribution in [2.24, 2.45) is 0 Å². The van der Waals surface area contributed by atoms with Gasteiger partial charge in [-0.1, -0.05) is 67.1 Å². The first kappa shape index (κ1) is 32.5. The van der Waals surface area contributed by atoms with Crippen molar-refractivity contribution >= 4 is 35.0 Å². The van der Waals surface area contributed by atoms with E-state index in [0.29, 0.717) is 68.5 Å². The summed E-state index contributed by atoms with van der Waals surface area (Å²) in [5.41, 5.74) is 3.31. The van der Waals surface area contributed by atoms with Gasteiger partial charge in [0, 0.05) is 63.7 Å². The van der Waals surface area contributed by atoms with Gasteiger partial charge in [-0.05, 0) is 54.7 Å². The van der Waals surface area contributed by atoms with E-state index in [1.54, 1.807) is 6.07 Å². The van der Waals surface area contributed by atoms with Crippen LogP contribution < -0.4 is 9.64 Å². The Hall–Kier alpha value is -3.88. The fourth-order valence-corrected chi connectivity index (χ4v) is 6.25. The minimum atomic E-state index is -0.144. The number of ether oxygens (including phenoxy) is 1. The number of fused-ring (bicyclic) bond motifs is 1. The first-order valence-corrected chi connectivity index (χ1v) is 16.4. The van der Waals surface area contributed by atoms with Gasteiger partial charge in [0.1, 0.15) is 12.4 Å². The van der Waals surface area contributed by atoms with Crippen LogP contribution in [0.15, 0.2) is 72.8 Å². The Labute approximate surface area is 271 Å². The maximum Gasteiger partial charge on any atom is 0.257 e. The monoisotopic (exact) mass is 630 g/mol. The smallest absolute Gasteiger partial charge is 0.257 e. The van der Waals surface area contributed by atoms with Crippen LogP contribution in [0.1, 0.15) is 60.5 Å². The van der Waals surface area contributed by atoms with Gasteiger partial charge in [-0.2, -0.15) is 0 Å². The van der Waals surface area contributed by atoms with E-state index in [2.05, 4.69) is 17.0 Å². The molecule has 0 saturated carbocycles. The van der Waals surface area contributed by atoms with Gasteiger partial charge in [-0.15, -0.1) is 0 Å². The summed E-state index contributed by atoms with van der Waals surface area (Å²) in [6, 6.07) is 23.2. The Morgan fingerprint density at radius 3 is 2.47 bits per heavy atom. The number of hydrogen-bond donors (Lipinski definition) is 0. The van der Waals surface area contributed by atoms with Crippen LogP contribution in [0.2, 0.25) is 5.02 Å². The normalized spacial score (nSPS) is 16.3. The molecule has 1 fully saturated rings. The Bertz CT molecular complexity index is 1470. The third-order valence-electron chi connectivity index (χ3n) is 8.45. The lowest BCUT2D eigenvalue weighted by Gasteiger charge is -2.29. The van der Waals surface area contributed by atoms with Gasteiger partial charge in [0.25, 0.3) is 5.91 Å². The summed E-state index contributed by atoms with van der Waals surface area (Å²) in [7, 11) is 0. The molecule has 3 aromatic rings. The first-order chi connectivity index (χ1) is 21.9. The van der Waals surface area contributed by atoms with Crippen molar-refractivity contribution in [3.8, 4) is 5.75 Å². The number of rotatable bonds is 9. The highest BCUT2D eigenvalue weighted by atomic mass is 35.5. The van der Waals surface area contributed by atoms with Crippen molar-refractivity contribution in [1.82, 2.24) is 14.7 Å². The van der Waals surface area contributed by atoms with Crippen molar-refractivity contribution in [1.29, 1.82) is 0 Å². The zero-order valence-electron chi connectivity index (χ0n) is 26.1. The molecule has 5 rings (SSSR count). The standard InChI is InChI=1S/C36H43ClN4O4/c1-2-10-35(43)41-20-9-18-38(26-28-11-4-3-5-12-28)21-22-40(27-29-16-17-30(37)25-32(29)41)36(44)31-13-6-7-14-33(31)45-24-23-39-19-8-15-34(39)42/h3-7,11-14,16-17,25H,2,8-10,15,18-24,26-27H2,1H3. The van der Waals surface area contributed by atoms with Gasteiger partial charge < -0.3 is 19.4 Å². The van der Waals surface area contributed by atoms with Crippen LogP contribution in [0.4, 0.5) is 5.69 Å². The molecule has 0 aliphatic carbocycles. The topological polar surface area (TPSA) is 73.4 Å². The lowest BCUT2D eigenvalue weighted by molar-refractivity contribution is -0.128. The van der Waals surface area contributed by atoms with Crippen molar-refractivity contribution in [3.63, 3.8) is 0 Å². The van der Waals surface area contributed by atoms with Gasteiger partial charge in [0.05, 0.1) is 17.8 Å². The number of para-hydroxylation sites is 1. The maximum atomic E-state index is 14.4. The summed E-state index contributed by atoms with van der Waals surface area (Å²) in [6.45, 7) is 7.15. The molecule has 2 heterocycles. The lowest BCUT2D eigenvalue weighted by atomic mass is 10.1. The van der Waals surface area contributed by atoms with Crippen LogP contribution in [-0.4, -0.2) is 78.3 Å². The molecule has 3 amide bonds. The highest BCUT2D eigenvalue weighted by Gasteiger charge is 2.26. The quantitative estimate of drug-likeness (QED) is 0.289. The zero-order chi connectivity index (χ0) is 31.6. The number of nitrogens with zero attached hydrogens (tertiary/aromatic N) is 4. The van der Waals surface area contributed by atoms with Crippen LogP contribution in [0.25, 0.3) is 0 Å². The number of anilines is 1. The minimum absolute atomic E-state index is 0.0583. The highest BCUT2D eigenvalue weighted by Crippen LogP contribution is 2.30. The van der Waals surface area contributed by atoms with E-state index in [9.17, 15) is 14.4 Å². The molecule has 8 nitrogen and oxygen atoms in total. The Kier molecular flexibility index (Phi) is 11.5. The third-order valence-corrected chi connectivity index (χ3v) is 8.69. The van der Waals surface area contributed by atoms with Gasteiger partial charge in [-0.3, -0.25) is 19.3 Å². The second-order valence-electron chi connectivity index (χ2n) is 11.7. The zero-order valence-corrected chi connectivity index (χ0v) is 26.9. The van der Waals surface area contributed by atoms with Crippen LogP contribution in [-0.2, 0) is 22.7 Å². The molecule has 2 aliphatic rings. The Morgan fingerprint density at radius 1 is 0.889 bits per heavy atom. The number of hydrogen-bond acceptors (Lipinski definition) is 5. The van der Waals surface area contributed by atoms with Gasteiger partial charge in [0.15, 0.2) is 0 Å². The third kappa shape index (κ3) is 8.65. The van der Waals surface area contributed by atoms with Crippen molar-refractivity contribution in [2.45, 2.75) is 52.1 Å². The molecule has 0 aromatic heterocycles. The summed E-state index contributed by atoms with van der Waals surface area (Å²) in [5, 5.41) is 0.553. The van der Waals surface area contributed by atoms with Gasteiger partial charge in [0.2, 0.25) is 11.8 Å². The molecule has 0 unspecified atom stereocenters. The van der Waals surface area contributed by atoms with Crippen LogP contribution in [0.5, 0.6) is 5.75 Å². The Balaban J connectivity index is 1.44. The van der Waals surface area contributed by atoms with Gasteiger partial charge >= 0.3 is 0 Å². The molecule has 0 spiro atoms. The molecule has 0 bridgehead atoms. The van der Waals surface area contributed by atoms with E-state index in [4.69, 9.17) is 16.3 Å². The van der Waals surface area contributed by atoms with E-state index in [-0.39, 0.29) is 17.7 Å². The summed E-state index contributed by atoms with van der Waals surface area (Å²) >= 11 is 6.49. The molecule has 238 valence electrons. The molecule has 0 radical (unpaired) electrons. The summed E-state index contributed by atoms with van der Waals surface area (Å²) in [5.74, 6) is 0.564. The molecule has 0 atom stereocenters. The predicted octanol–water partition coefficient (Wildman–Crippen LogP) is 6.02. The number of carbonyl (C=O) groups is 3. The largest absolute Gasteiger partial charge is 0.491 e. The van der Waals surface area contributed by atoms with E-state index >= 15 is 0 Å². The minimum Gasteiger partial charge on any atom is -0.491 e. The summed E-state index contributed by atoms with van der Waals surface area (Å²) in [6.07, 6.45) is 3.44. The van der Waals surface area contributed by atoms with Crippen LogP contribution in [0.3, 0.4) is 0 Å². The number of carbonyl (C=O) groups excluding carboxylic acids is 3. The molecule has 1 saturated heterocycles. The average molecular weight is 631 g/mol. The average Bonchev–Trinajstić information content (AvgIpc) is 3.45.